The minimum absolute atomic E-state index is 0. The molecule has 0 spiro atoms. The van der Waals surface area contributed by atoms with Crippen LogP contribution in [0.4, 0.5) is 5.69 Å². The summed E-state index contributed by atoms with van der Waals surface area (Å²) in [5.74, 6) is 2.25. The molecule has 2 aromatic rings. The number of guanidine groups is 1. The average molecular weight is 485 g/mol. The van der Waals surface area contributed by atoms with Crippen molar-refractivity contribution < 1.29 is 14.2 Å². The van der Waals surface area contributed by atoms with Crippen LogP contribution in [-0.4, -0.2) is 33.8 Å². The lowest BCUT2D eigenvalue weighted by Gasteiger charge is -2.15. The summed E-state index contributed by atoms with van der Waals surface area (Å²) in [6.45, 7) is 4.67. The molecule has 2 aromatic carbocycles. The fraction of sp³-hybridized carbons (Fsp3) is 0.350. The number of halogens is 1. The zero-order valence-electron chi connectivity index (χ0n) is 16.5. The fourth-order valence-corrected chi connectivity index (χ4v) is 2.66. The van der Waals surface area contributed by atoms with Crippen molar-refractivity contribution in [3.05, 3.63) is 47.0 Å². The second-order valence-electron chi connectivity index (χ2n) is 5.93. The van der Waals surface area contributed by atoms with Crippen LogP contribution in [0, 0.1) is 13.8 Å². The van der Waals surface area contributed by atoms with Gasteiger partial charge in [-0.05, 0) is 49.6 Å². The molecule has 7 heteroatoms. The molecule has 3 N–H and O–H groups in total. The predicted octanol–water partition coefficient (Wildman–Crippen LogP) is 3.92. The molecule has 0 aromatic heterocycles. The van der Waals surface area contributed by atoms with Crippen LogP contribution in [0.15, 0.2) is 35.3 Å². The second kappa shape index (κ2) is 10.9. The van der Waals surface area contributed by atoms with E-state index in [4.69, 9.17) is 19.9 Å². The van der Waals surface area contributed by atoms with Gasteiger partial charge in [0.1, 0.15) is 0 Å². The first-order valence-electron chi connectivity index (χ1n) is 8.42. The van der Waals surface area contributed by atoms with Gasteiger partial charge in [-0.2, -0.15) is 0 Å². The summed E-state index contributed by atoms with van der Waals surface area (Å²) in [5, 5.41) is 3.12. The van der Waals surface area contributed by atoms with Crippen LogP contribution in [-0.2, 0) is 6.42 Å². The number of aliphatic imine (C=N–C) groups is 1. The van der Waals surface area contributed by atoms with Gasteiger partial charge in [0.2, 0.25) is 5.75 Å². The van der Waals surface area contributed by atoms with Crippen molar-refractivity contribution in [1.82, 2.24) is 0 Å². The van der Waals surface area contributed by atoms with Crippen LogP contribution < -0.4 is 25.3 Å². The molecular weight excluding hydrogens is 457 g/mol. The lowest BCUT2D eigenvalue weighted by Crippen LogP contribution is -2.23. The molecule has 148 valence electrons. The Kier molecular flexibility index (Phi) is 9.20. The third kappa shape index (κ3) is 5.92. The molecule has 0 unspecified atom stereocenters. The molecule has 0 aliphatic rings. The van der Waals surface area contributed by atoms with E-state index in [0.29, 0.717) is 36.2 Å². The van der Waals surface area contributed by atoms with E-state index in [1.165, 1.54) is 11.1 Å². The normalized spacial score (nSPS) is 10.8. The Balaban J connectivity index is 0.00000364. The summed E-state index contributed by atoms with van der Waals surface area (Å²) in [4.78, 5) is 4.40. The minimum atomic E-state index is 0. The summed E-state index contributed by atoms with van der Waals surface area (Å²) in [6.07, 6.45) is 0.666. The molecular formula is C20H28IN3O3. The maximum absolute atomic E-state index is 5.99. The molecule has 0 saturated heterocycles. The minimum Gasteiger partial charge on any atom is -0.493 e. The smallest absolute Gasteiger partial charge is 0.203 e. The molecule has 0 radical (unpaired) electrons. The first-order chi connectivity index (χ1) is 12.5. The van der Waals surface area contributed by atoms with Crippen LogP contribution in [0.3, 0.4) is 0 Å². The van der Waals surface area contributed by atoms with Gasteiger partial charge >= 0.3 is 0 Å². The van der Waals surface area contributed by atoms with Crippen molar-refractivity contribution in [2.45, 2.75) is 20.3 Å². The van der Waals surface area contributed by atoms with Crippen molar-refractivity contribution in [3.63, 3.8) is 0 Å². The molecule has 0 atom stereocenters. The largest absolute Gasteiger partial charge is 0.493 e. The number of rotatable bonds is 7. The Labute approximate surface area is 178 Å². The number of hydrogen-bond donors (Lipinski definition) is 2. The lowest BCUT2D eigenvalue weighted by molar-refractivity contribution is 0.322. The first-order valence-corrected chi connectivity index (χ1v) is 8.42. The van der Waals surface area contributed by atoms with E-state index in [2.05, 4.69) is 36.3 Å². The van der Waals surface area contributed by atoms with E-state index in [1.807, 2.05) is 18.2 Å². The van der Waals surface area contributed by atoms with E-state index in [1.54, 1.807) is 21.3 Å². The molecule has 0 heterocycles. The summed E-state index contributed by atoms with van der Waals surface area (Å²) < 4.78 is 16.2. The van der Waals surface area contributed by atoms with E-state index in [9.17, 15) is 0 Å². The van der Waals surface area contributed by atoms with Gasteiger partial charge in [-0.15, -0.1) is 24.0 Å². The van der Waals surface area contributed by atoms with Crippen molar-refractivity contribution in [2.24, 2.45) is 10.7 Å². The summed E-state index contributed by atoms with van der Waals surface area (Å²) in [7, 11) is 4.80. The number of anilines is 1. The van der Waals surface area contributed by atoms with Crippen molar-refractivity contribution in [3.8, 4) is 17.2 Å². The molecule has 0 bridgehead atoms. The molecule has 0 aliphatic heterocycles. The topological polar surface area (TPSA) is 78.1 Å². The number of ether oxygens (including phenoxy) is 3. The highest BCUT2D eigenvalue weighted by atomic mass is 127. The van der Waals surface area contributed by atoms with Gasteiger partial charge in [0, 0.05) is 17.8 Å². The number of benzene rings is 2. The van der Waals surface area contributed by atoms with E-state index < -0.39 is 0 Å². The number of nitrogens with zero attached hydrogens (tertiary/aromatic N) is 1. The van der Waals surface area contributed by atoms with Crippen molar-refractivity contribution in [1.29, 1.82) is 0 Å². The molecule has 0 aliphatic carbocycles. The zero-order chi connectivity index (χ0) is 19.1. The fourth-order valence-electron chi connectivity index (χ4n) is 2.66. The van der Waals surface area contributed by atoms with E-state index in [0.717, 1.165) is 11.3 Å². The monoisotopic (exact) mass is 485 g/mol. The van der Waals surface area contributed by atoms with Crippen LogP contribution >= 0.6 is 24.0 Å². The highest BCUT2D eigenvalue weighted by molar-refractivity contribution is 14.0. The van der Waals surface area contributed by atoms with Crippen LogP contribution in [0.1, 0.15) is 16.7 Å². The average Bonchev–Trinajstić information content (AvgIpc) is 2.64. The van der Waals surface area contributed by atoms with Crippen molar-refractivity contribution >= 4 is 35.6 Å². The number of nitrogens with two attached hydrogens (primary N) is 1. The van der Waals surface area contributed by atoms with Crippen LogP contribution in [0.5, 0.6) is 17.2 Å². The van der Waals surface area contributed by atoms with Gasteiger partial charge in [0.25, 0.3) is 0 Å². The Hall–Kier alpha value is -2.16. The van der Waals surface area contributed by atoms with Gasteiger partial charge in [0.15, 0.2) is 17.5 Å². The Morgan fingerprint density at radius 2 is 1.67 bits per heavy atom. The Morgan fingerprint density at radius 1 is 0.963 bits per heavy atom. The quantitative estimate of drug-likeness (QED) is 0.353. The third-order valence-corrected chi connectivity index (χ3v) is 4.23. The molecule has 6 nitrogen and oxygen atoms in total. The summed E-state index contributed by atoms with van der Waals surface area (Å²) in [6, 6.07) is 9.90. The van der Waals surface area contributed by atoms with Crippen molar-refractivity contribution in [2.75, 3.05) is 33.2 Å². The highest BCUT2D eigenvalue weighted by Crippen LogP contribution is 2.39. The molecule has 0 saturated carbocycles. The summed E-state index contributed by atoms with van der Waals surface area (Å²) in [5.41, 5.74) is 10.4. The highest BCUT2D eigenvalue weighted by Gasteiger charge is 2.15. The Bertz CT molecular complexity index is 794. The molecule has 0 fully saturated rings. The molecule has 27 heavy (non-hydrogen) atoms. The third-order valence-electron chi connectivity index (χ3n) is 4.23. The summed E-state index contributed by atoms with van der Waals surface area (Å²) >= 11 is 0. The first kappa shape index (κ1) is 22.9. The van der Waals surface area contributed by atoms with Gasteiger partial charge in [0.05, 0.1) is 21.3 Å². The van der Waals surface area contributed by atoms with Gasteiger partial charge in [-0.3, -0.25) is 4.99 Å². The molecule has 0 amide bonds. The van der Waals surface area contributed by atoms with E-state index in [-0.39, 0.29) is 24.0 Å². The second-order valence-corrected chi connectivity index (χ2v) is 5.93. The Morgan fingerprint density at radius 3 is 2.26 bits per heavy atom. The number of aryl methyl sites for hydroxylation is 2. The zero-order valence-corrected chi connectivity index (χ0v) is 18.8. The van der Waals surface area contributed by atoms with Crippen LogP contribution in [0.2, 0.25) is 0 Å². The number of nitrogens with one attached hydrogen (secondary N) is 1. The maximum atomic E-state index is 5.99. The SMILES string of the molecule is COc1ccc(CCN=C(N)Nc2ccc(C)c(C)c2)c(OC)c1OC.I. The van der Waals surface area contributed by atoms with Gasteiger partial charge in [-0.25, -0.2) is 0 Å². The lowest BCUT2D eigenvalue weighted by atomic mass is 10.1. The molecule has 2 rings (SSSR count). The van der Waals surface area contributed by atoms with Crippen LogP contribution in [0.25, 0.3) is 0 Å². The standard InChI is InChI=1S/C20H27N3O3.HI/c1-13-6-8-16(12-14(13)2)23-20(21)22-11-10-15-7-9-17(24-3)19(26-5)18(15)25-4;/h6-9,12H,10-11H2,1-5H3,(H3,21,22,23);1H. The number of methoxy groups -OCH3 is 3. The van der Waals surface area contributed by atoms with Gasteiger partial charge < -0.3 is 25.3 Å². The van der Waals surface area contributed by atoms with Gasteiger partial charge in [-0.1, -0.05) is 12.1 Å². The van der Waals surface area contributed by atoms with E-state index >= 15 is 0 Å². The predicted molar refractivity (Wildman–Crippen MR) is 121 cm³/mol. The maximum Gasteiger partial charge on any atom is 0.203 e. The number of hydrogen-bond acceptors (Lipinski definition) is 4.